The predicted molar refractivity (Wildman–Crippen MR) is 81.6 cm³/mol. The number of carboxylic acids is 1. The molecule has 0 radical (unpaired) electrons. The van der Waals surface area contributed by atoms with Crippen LogP contribution in [0.15, 0.2) is 36.7 Å². The lowest BCUT2D eigenvalue weighted by Crippen LogP contribution is -2.12. The summed E-state index contributed by atoms with van der Waals surface area (Å²) in [5.41, 5.74) is 2.44. The molecule has 2 N–H and O–H groups in total. The summed E-state index contributed by atoms with van der Waals surface area (Å²) >= 11 is 0. The molecular formula is C16H19N3O2. The normalized spacial score (nSPS) is 12.2. The monoisotopic (exact) mass is 285 g/mol. The van der Waals surface area contributed by atoms with Crippen LogP contribution in [-0.4, -0.2) is 21.0 Å². The van der Waals surface area contributed by atoms with Crippen LogP contribution in [0.25, 0.3) is 0 Å². The first-order chi connectivity index (χ1) is 9.99. The Kier molecular flexibility index (Phi) is 4.52. The molecule has 0 fully saturated rings. The highest BCUT2D eigenvalue weighted by molar-refractivity contribution is 5.86. The molecule has 1 aromatic heterocycles. The second-order valence-corrected chi connectivity index (χ2v) is 5.24. The van der Waals surface area contributed by atoms with Crippen molar-refractivity contribution in [3.8, 4) is 0 Å². The van der Waals surface area contributed by atoms with Gasteiger partial charge in [0.15, 0.2) is 5.69 Å². The first-order valence-electron chi connectivity index (χ1n) is 6.89. The van der Waals surface area contributed by atoms with Crippen LogP contribution in [0.4, 0.5) is 5.82 Å². The van der Waals surface area contributed by atoms with E-state index in [-0.39, 0.29) is 11.7 Å². The molecule has 2 aromatic rings. The molecule has 1 heterocycles. The molecule has 0 saturated carbocycles. The molecule has 1 aromatic carbocycles. The molecule has 0 amide bonds. The summed E-state index contributed by atoms with van der Waals surface area (Å²) in [4.78, 5) is 18.7. The van der Waals surface area contributed by atoms with Crippen molar-refractivity contribution in [2.45, 2.75) is 32.7 Å². The SMILES string of the molecule is CC(C)c1ccccc1C(C)Nc1cc(C(=O)O)ncn1. The molecule has 110 valence electrons. The zero-order valence-electron chi connectivity index (χ0n) is 12.4. The quantitative estimate of drug-likeness (QED) is 0.879. The molecule has 5 nitrogen and oxygen atoms in total. The van der Waals surface area contributed by atoms with Crippen molar-refractivity contribution < 1.29 is 9.90 Å². The second kappa shape index (κ2) is 6.35. The Morgan fingerprint density at radius 2 is 1.81 bits per heavy atom. The topological polar surface area (TPSA) is 75.1 Å². The number of aromatic carboxylic acids is 1. The summed E-state index contributed by atoms with van der Waals surface area (Å²) in [6.45, 7) is 6.33. The summed E-state index contributed by atoms with van der Waals surface area (Å²) in [5.74, 6) is -0.130. The summed E-state index contributed by atoms with van der Waals surface area (Å²) in [5, 5.41) is 12.2. The number of anilines is 1. The first kappa shape index (κ1) is 15.0. The van der Waals surface area contributed by atoms with Crippen molar-refractivity contribution in [3.63, 3.8) is 0 Å². The zero-order valence-corrected chi connectivity index (χ0v) is 12.4. The van der Waals surface area contributed by atoms with Gasteiger partial charge in [0.25, 0.3) is 0 Å². The molecular weight excluding hydrogens is 266 g/mol. The number of hydrogen-bond donors (Lipinski definition) is 2. The summed E-state index contributed by atoms with van der Waals surface area (Å²) in [6.07, 6.45) is 1.26. The molecule has 5 heteroatoms. The largest absolute Gasteiger partial charge is 0.477 e. The van der Waals surface area contributed by atoms with E-state index >= 15 is 0 Å². The van der Waals surface area contributed by atoms with Gasteiger partial charge in [-0.3, -0.25) is 0 Å². The Bertz CT molecular complexity index is 641. The van der Waals surface area contributed by atoms with Gasteiger partial charge in [-0.25, -0.2) is 14.8 Å². The third-order valence-corrected chi connectivity index (χ3v) is 3.34. The van der Waals surface area contributed by atoms with E-state index in [1.54, 1.807) is 0 Å². The zero-order chi connectivity index (χ0) is 15.4. The standard InChI is InChI=1S/C16H19N3O2/c1-10(2)12-6-4-5-7-13(12)11(3)19-15-8-14(16(20)21)17-9-18-15/h4-11H,1-3H3,(H,20,21)(H,17,18,19). The minimum Gasteiger partial charge on any atom is -0.477 e. The maximum Gasteiger partial charge on any atom is 0.354 e. The van der Waals surface area contributed by atoms with E-state index in [2.05, 4.69) is 41.3 Å². The van der Waals surface area contributed by atoms with E-state index in [4.69, 9.17) is 5.11 Å². The predicted octanol–water partition coefficient (Wildman–Crippen LogP) is 3.47. The van der Waals surface area contributed by atoms with Gasteiger partial charge in [-0.2, -0.15) is 0 Å². The van der Waals surface area contributed by atoms with Crippen molar-refractivity contribution >= 4 is 11.8 Å². The van der Waals surface area contributed by atoms with Gasteiger partial charge < -0.3 is 10.4 Å². The van der Waals surface area contributed by atoms with Crippen molar-refractivity contribution in [1.82, 2.24) is 9.97 Å². The van der Waals surface area contributed by atoms with Gasteiger partial charge in [-0.15, -0.1) is 0 Å². The molecule has 21 heavy (non-hydrogen) atoms. The van der Waals surface area contributed by atoms with Crippen molar-refractivity contribution in [3.05, 3.63) is 53.5 Å². The van der Waals surface area contributed by atoms with E-state index in [0.29, 0.717) is 11.7 Å². The fourth-order valence-electron chi connectivity index (χ4n) is 2.28. The summed E-state index contributed by atoms with van der Waals surface area (Å²) in [7, 11) is 0. The van der Waals surface area contributed by atoms with Crippen LogP contribution in [0.3, 0.4) is 0 Å². The molecule has 1 unspecified atom stereocenters. The van der Waals surface area contributed by atoms with Crippen LogP contribution in [0.5, 0.6) is 0 Å². The Morgan fingerprint density at radius 3 is 2.43 bits per heavy atom. The Balaban J connectivity index is 2.24. The van der Waals surface area contributed by atoms with Crippen LogP contribution >= 0.6 is 0 Å². The van der Waals surface area contributed by atoms with E-state index in [9.17, 15) is 4.79 Å². The number of hydrogen-bond acceptors (Lipinski definition) is 4. The Morgan fingerprint density at radius 1 is 1.14 bits per heavy atom. The first-order valence-corrected chi connectivity index (χ1v) is 6.89. The summed E-state index contributed by atoms with van der Waals surface area (Å²) in [6, 6.07) is 9.69. The Hall–Kier alpha value is -2.43. The lowest BCUT2D eigenvalue weighted by Gasteiger charge is -2.20. The number of benzene rings is 1. The number of nitrogens with one attached hydrogen (secondary N) is 1. The number of carboxylic acid groups (broad SMARTS) is 1. The fourth-order valence-corrected chi connectivity index (χ4v) is 2.28. The lowest BCUT2D eigenvalue weighted by molar-refractivity contribution is 0.0690. The van der Waals surface area contributed by atoms with Crippen LogP contribution < -0.4 is 5.32 Å². The van der Waals surface area contributed by atoms with Gasteiger partial charge >= 0.3 is 5.97 Å². The van der Waals surface area contributed by atoms with Crippen molar-refractivity contribution in [2.75, 3.05) is 5.32 Å². The molecule has 0 aliphatic rings. The minimum absolute atomic E-state index is 0.0168. The smallest absolute Gasteiger partial charge is 0.354 e. The molecule has 0 spiro atoms. The van der Waals surface area contributed by atoms with Gasteiger partial charge in [-0.1, -0.05) is 38.1 Å². The molecule has 0 aliphatic carbocycles. The molecule has 1 atom stereocenters. The average molecular weight is 285 g/mol. The highest BCUT2D eigenvalue weighted by Gasteiger charge is 2.14. The van der Waals surface area contributed by atoms with E-state index in [1.165, 1.54) is 23.5 Å². The molecule has 0 saturated heterocycles. The van der Waals surface area contributed by atoms with Gasteiger partial charge in [0.05, 0.1) is 6.04 Å². The van der Waals surface area contributed by atoms with Crippen molar-refractivity contribution in [1.29, 1.82) is 0 Å². The van der Waals surface area contributed by atoms with Gasteiger partial charge in [0, 0.05) is 6.07 Å². The number of rotatable bonds is 5. The highest BCUT2D eigenvalue weighted by atomic mass is 16.4. The maximum atomic E-state index is 10.9. The third kappa shape index (κ3) is 3.56. The van der Waals surface area contributed by atoms with Gasteiger partial charge in [0.2, 0.25) is 0 Å². The lowest BCUT2D eigenvalue weighted by atomic mass is 9.93. The number of nitrogens with zero attached hydrogens (tertiary/aromatic N) is 2. The Labute approximate surface area is 124 Å². The van der Waals surface area contributed by atoms with Crippen LogP contribution in [0, 0.1) is 0 Å². The second-order valence-electron chi connectivity index (χ2n) is 5.24. The van der Waals surface area contributed by atoms with Gasteiger partial charge in [0.1, 0.15) is 12.1 Å². The minimum atomic E-state index is -1.06. The molecule has 0 aliphatic heterocycles. The van der Waals surface area contributed by atoms with Gasteiger partial charge in [-0.05, 0) is 24.0 Å². The molecule has 0 bridgehead atoms. The van der Waals surface area contributed by atoms with E-state index in [1.807, 2.05) is 19.1 Å². The fraction of sp³-hybridized carbons (Fsp3) is 0.312. The van der Waals surface area contributed by atoms with Crippen LogP contribution in [-0.2, 0) is 0 Å². The van der Waals surface area contributed by atoms with Crippen LogP contribution in [0.2, 0.25) is 0 Å². The number of aromatic nitrogens is 2. The van der Waals surface area contributed by atoms with Crippen LogP contribution in [0.1, 0.15) is 54.3 Å². The number of carbonyl (C=O) groups is 1. The third-order valence-electron chi connectivity index (χ3n) is 3.34. The maximum absolute atomic E-state index is 10.9. The average Bonchev–Trinajstić information content (AvgIpc) is 2.47. The van der Waals surface area contributed by atoms with E-state index in [0.717, 1.165) is 0 Å². The van der Waals surface area contributed by atoms with E-state index < -0.39 is 5.97 Å². The highest BCUT2D eigenvalue weighted by Crippen LogP contribution is 2.26. The summed E-state index contributed by atoms with van der Waals surface area (Å²) < 4.78 is 0. The molecule has 2 rings (SSSR count). The van der Waals surface area contributed by atoms with Crippen molar-refractivity contribution in [2.24, 2.45) is 0 Å².